The van der Waals surface area contributed by atoms with Gasteiger partial charge in [0.25, 0.3) is 0 Å². The van der Waals surface area contributed by atoms with Crippen LogP contribution in [0.2, 0.25) is 0 Å². The van der Waals surface area contributed by atoms with Crippen LogP contribution in [0.1, 0.15) is 22.8 Å². The molecule has 3 heteroatoms. The van der Waals surface area contributed by atoms with E-state index in [0.717, 1.165) is 10.5 Å². The van der Waals surface area contributed by atoms with Crippen molar-refractivity contribution in [1.82, 2.24) is 0 Å². The second-order valence-electron chi connectivity index (χ2n) is 2.98. The molecule has 70 valence electrons. The van der Waals surface area contributed by atoms with Crippen molar-refractivity contribution in [3.8, 4) is 0 Å². The molecule has 0 saturated carbocycles. The van der Waals surface area contributed by atoms with Gasteiger partial charge in [0.15, 0.2) is 5.78 Å². The highest BCUT2D eigenvalue weighted by molar-refractivity contribution is 7.80. The Morgan fingerprint density at radius 2 is 2.15 bits per heavy atom. The third kappa shape index (κ3) is 2.48. The number of alkyl halides is 1. The van der Waals surface area contributed by atoms with Crippen LogP contribution in [0.3, 0.4) is 0 Å². The van der Waals surface area contributed by atoms with Gasteiger partial charge in [-0.3, -0.25) is 4.79 Å². The third-order valence-corrected chi connectivity index (χ3v) is 2.31. The first-order valence-electron chi connectivity index (χ1n) is 4.00. The number of ketones is 1. The average molecular weight is 215 g/mol. The van der Waals surface area contributed by atoms with Crippen LogP contribution in [0.5, 0.6) is 0 Å². The van der Waals surface area contributed by atoms with Crippen LogP contribution in [-0.4, -0.2) is 11.2 Å². The Hall–Kier alpha value is -0.470. The Morgan fingerprint density at radius 1 is 1.54 bits per heavy atom. The van der Waals surface area contributed by atoms with Gasteiger partial charge in [0.05, 0.1) is 5.38 Å². The second kappa shape index (κ2) is 4.16. The van der Waals surface area contributed by atoms with Gasteiger partial charge in [-0.25, -0.2) is 0 Å². The van der Waals surface area contributed by atoms with E-state index in [4.69, 9.17) is 11.6 Å². The molecule has 13 heavy (non-hydrogen) atoms. The van der Waals surface area contributed by atoms with E-state index in [9.17, 15) is 4.79 Å². The number of Topliss-reactive ketones (excluding diaryl/α,β-unsaturated/α-hetero) is 1. The summed E-state index contributed by atoms with van der Waals surface area (Å²) in [5.74, 6) is -0.0347. The van der Waals surface area contributed by atoms with E-state index in [2.05, 4.69) is 12.6 Å². The van der Waals surface area contributed by atoms with Crippen molar-refractivity contribution in [2.45, 2.75) is 24.1 Å². The van der Waals surface area contributed by atoms with Gasteiger partial charge in [0.2, 0.25) is 0 Å². The summed E-state index contributed by atoms with van der Waals surface area (Å²) in [6.07, 6.45) is 0. The summed E-state index contributed by atoms with van der Waals surface area (Å²) in [6.45, 7) is 3.56. The molecule has 0 aliphatic heterocycles. The smallest absolute Gasteiger partial charge is 0.180 e. The van der Waals surface area contributed by atoms with E-state index in [-0.39, 0.29) is 5.78 Å². The average Bonchev–Trinajstić information content (AvgIpc) is 2.03. The summed E-state index contributed by atoms with van der Waals surface area (Å²) in [5.41, 5.74) is 1.60. The summed E-state index contributed by atoms with van der Waals surface area (Å²) in [5, 5.41) is -0.468. The quantitative estimate of drug-likeness (QED) is 0.455. The van der Waals surface area contributed by atoms with Crippen molar-refractivity contribution in [3.05, 3.63) is 29.3 Å². The van der Waals surface area contributed by atoms with Gasteiger partial charge < -0.3 is 0 Å². The third-order valence-electron chi connectivity index (χ3n) is 1.84. The zero-order chi connectivity index (χ0) is 10.0. The summed E-state index contributed by atoms with van der Waals surface area (Å²) in [6, 6.07) is 5.41. The lowest BCUT2D eigenvalue weighted by molar-refractivity contribution is 0.0991. The number of halogens is 1. The van der Waals surface area contributed by atoms with Crippen molar-refractivity contribution < 1.29 is 4.79 Å². The minimum absolute atomic E-state index is 0.0347. The number of carbonyl (C=O) groups is 1. The van der Waals surface area contributed by atoms with Crippen LogP contribution < -0.4 is 0 Å². The molecule has 0 spiro atoms. The Morgan fingerprint density at radius 3 is 2.62 bits per heavy atom. The predicted octanol–water partition coefficient (Wildman–Crippen LogP) is 3.09. The fourth-order valence-electron chi connectivity index (χ4n) is 1.14. The number of benzene rings is 1. The van der Waals surface area contributed by atoms with E-state index in [1.54, 1.807) is 19.1 Å². The Balaban J connectivity index is 3.09. The van der Waals surface area contributed by atoms with E-state index >= 15 is 0 Å². The molecule has 0 N–H and O–H groups in total. The number of thiol groups is 1. The molecule has 1 unspecified atom stereocenters. The van der Waals surface area contributed by atoms with Crippen LogP contribution in [0.25, 0.3) is 0 Å². The molecule has 1 rings (SSSR count). The van der Waals surface area contributed by atoms with Crippen LogP contribution >= 0.6 is 24.2 Å². The van der Waals surface area contributed by atoms with Crippen molar-refractivity contribution in [3.63, 3.8) is 0 Å². The number of carbonyl (C=O) groups excluding carboxylic acids is 1. The van der Waals surface area contributed by atoms with Crippen molar-refractivity contribution in [2.24, 2.45) is 0 Å². The lowest BCUT2D eigenvalue weighted by atomic mass is 10.0. The van der Waals surface area contributed by atoms with Gasteiger partial charge >= 0.3 is 0 Å². The van der Waals surface area contributed by atoms with Crippen LogP contribution in [0, 0.1) is 6.92 Å². The van der Waals surface area contributed by atoms with Gasteiger partial charge in [0, 0.05) is 10.5 Å². The van der Waals surface area contributed by atoms with Gasteiger partial charge in [-0.05, 0) is 37.6 Å². The monoisotopic (exact) mass is 214 g/mol. The summed E-state index contributed by atoms with van der Waals surface area (Å²) in [4.78, 5) is 12.4. The Labute approximate surface area is 88.5 Å². The molecule has 1 aromatic rings. The molecule has 0 bridgehead atoms. The molecule has 0 saturated heterocycles. The van der Waals surface area contributed by atoms with E-state index in [1.165, 1.54) is 0 Å². The Kier molecular flexibility index (Phi) is 3.40. The second-order valence-corrected chi connectivity index (χ2v) is 4.15. The first kappa shape index (κ1) is 10.6. The maximum Gasteiger partial charge on any atom is 0.180 e. The van der Waals surface area contributed by atoms with Crippen molar-refractivity contribution >= 4 is 30.0 Å². The van der Waals surface area contributed by atoms with E-state index in [1.807, 2.05) is 13.0 Å². The summed E-state index contributed by atoms with van der Waals surface area (Å²) >= 11 is 9.88. The minimum Gasteiger partial charge on any atom is -0.293 e. The predicted molar refractivity (Wildman–Crippen MR) is 58.1 cm³/mol. The minimum atomic E-state index is -0.468. The molecule has 0 amide bonds. The number of hydrogen-bond acceptors (Lipinski definition) is 2. The standard InChI is InChI=1S/C10H11ClOS/c1-6-5-8(13)3-4-9(6)10(12)7(2)11/h3-5,7,13H,1-2H3. The van der Waals surface area contributed by atoms with Crippen molar-refractivity contribution in [1.29, 1.82) is 0 Å². The molecule has 1 aromatic carbocycles. The topological polar surface area (TPSA) is 17.1 Å². The molecule has 0 aliphatic rings. The molecule has 1 atom stereocenters. The highest BCUT2D eigenvalue weighted by atomic mass is 35.5. The maximum atomic E-state index is 11.5. The SMILES string of the molecule is Cc1cc(S)ccc1C(=O)C(C)Cl. The molecule has 0 heterocycles. The van der Waals surface area contributed by atoms with Gasteiger partial charge in [0.1, 0.15) is 0 Å². The molecular formula is C10H11ClOS. The molecular weight excluding hydrogens is 204 g/mol. The normalized spacial score (nSPS) is 12.6. The van der Waals surface area contributed by atoms with Crippen LogP contribution in [0.4, 0.5) is 0 Å². The zero-order valence-corrected chi connectivity index (χ0v) is 9.19. The summed E-state index contributed by atoms with van der Waals surface area (Å²) in [7, 11) is 0. The largest absolute Gasteiger partial charge is 0.293 e. The first-order chi connectivity index (χ1) is 6.02. The van der Waals surface area contributed by atoms with E-state index < -0.39 is 5.38 Å². The fraction of sp³-hybridized carbons (Fsp3) is 0.300. The molecule has 0 radical (unpaired) electrons. The van der Waals surface area contributed by atoms with Gasteiger partial charge in [-0.2, -0.15) is 0 Å². The summed E-state index contributed by atoms with van der Waals surface area (Å²) < 4.78 is 0. The lowest BCUT2D eigenvalue weighted by Gasteiger charge is -2.06. The molecule has 0 aromatic heterocycles. The van der Waals surface area contributed by atoms with Crippen LogP contribution in [0.15, 0.2) is 23.1 Å². The van der Waals surface area contributed by atoms with E-state index in [0.29, 0.717) is 5.56 Å². The fourth-order valence-corrected chi connectivity index (χ4v) is 1.52. The lowest BCUT2D eigenvalue weighted by Crippen LogP contribution is -2.11. The molecule has 1 nitrogen and oxygen atoms in total. The maximum absolute atomic E-state index is 11.5. The molecule has 0 aliphatic carbocycles. The zero-order valence-electron chi connectivity index (χ0n) is 7.54. The van der Waals surface area contributed by atoms with Crippen molar-refractivity contribution in [2.75, 3.05) is 0 Å². The first-order valence-corrected chi connectivity index (χ1v) is 4.88. The van der Waals surface area contributed by atoms with Gasteiger partial charge in [-0.15, -0.1) is 24.2 Å². The number of rotatable bonds is 2. The van der Waals surface area contributed by atoms with Gasteiger partial charge in [-0.1, -0.05) is 0 Å². The van der Waals surface area contributed by atoms with Crippen LogP contribution in [-0.2, 0) is 0 Å². The number of aryl methyl sites for hydroxylation is 1. The highest BCUT2D eigenvalue weighted by Gasteiger charge is 2.13. The Bertz CT molecular complexity index is 334. The number of hydrogen-bond donors (Lipinski definition) is 1. The highest BCUT2D eigenvalue weighted by Crippen LogP contribution is 2.16. The molecule has 0 fully saturated rings.